The summed E-state index contributed by atoms with van der Waals surface area (Å²) in [6.45, 7) is 5.78. The van der Waals surface area contributed by atoms with Crippen molar-refractivity contribution in [2.75, 3.05) is 25.1 Å². The number of likely N-dealkylation sites (tertiary alicyclic amines) is 1. The van der Waals surface area contributed by atoms with Gasteiger partial charge in [-0.1, -0.05) is 6.07 Å². The van der Waals surface area contributed by atoms with Crippen LogP contribution in [0.15, 0.2) is 30.3 Å². The van der Waals surface area contributed by atoms with E-state index in [9.17, 15) is 9.90 Å². The molecule has 160 valence electrons. The number of hydrogen-bond acceptors (Lipinski definition) is 6. The smallest absolute Gasteiger partial charge is 0.272 e. The van der Waals surface area contributed by atoms with Crippen molar-refractivity contribution < 1.29 is 19.4 Å². The zero-order valence-corrected chi connectivity index (χ0v) is 17.6. The summed E-state index contributed by atoms with van der Waals surface area (Å²) in [6.07, 6.45) is 2.81. The summed E-state index contributed by atoms with van der Waals surface area (Å²) in [6, 6.07) is 9.37. The number of aromatic nitrogens is 1. The zero-order chi connectivity index (χ0) is 21.1. The molecule has 1 amide bonds. The third-order valence-corrected chi connectivity index (χ3v) is 5.66. The van der Waals surface area contributed by atoms with Crippen molar-refractivity contribution in [2.24, 2.45) is 0 Å². The number of carbonyl (C=O) groups is 1. The minimum Gasteiger partial charge on any atom is -0.494 e. The van der Waals surface area contributed by atoms with Gasteiger partial charge in [0.15, 0.2) is 0 Å². The van der Waals surface area contributed by atoms with Crippen LogP contribution in [0.25, 0.3) is 0 Å². The molecule has 0 unspecified atom stereocenters. The number of anilines is 1. The Morgan fingerprint density at radius 3 is 3.07 bits per heavy atom. The quantitative estimate of drug-likeness (QED) is 0.729. The largest absolute Gasteiger partial charge is 0.494 e. The Labute approximate surface area is 177 Å². The number of aliphatic hydroxyl groups excluding tert-OH is 1. The fraction of sp³-hybridized carbons (Fsp3) is 0.478. The lowest BCUT2D eigenvalue weighted by atomic mass is 10.1. The van der Waals surface area contributed by atoms with Crippen LogP contribution in [0, 0.1) is 0 Å². The molecule has 2 aliphatic heterocycles. The Hall–Kier alpha value is -2.80. The van der Waals surface area contributed by atoms with Crippen LogP contribution in [0.5, 0.6) is 11.5 Å². The third kappa shape index (κ3) is 4.21. The Morgan fingerprint density at radius 1 is 1.40 bits per heavy atom. The minimum atomic E-state index is -0.134. The predicted molar refractivity (Wildman–Crippen MR) is 114 cm³/mol. The summed E-state index contributed by atoms with van der Waals surface area (Å²) >= 11 is 0. The standard InChI is InChI=1S/C23H29N3O4/c1-3-29-20-11-16-10-15(2)30-21(16)12-17(20)13-24-22-8-4-7-19(25-22)23(28)26-9-5-6-18(26)14-27/h4,7-8,11-12,15,18,27H,3,5-6,9-10,13-14H2,1-2H3,(H,24,25)/t15-,18-/m0/s1. The van der Waals surface area contributed by atoms with Crippen molar-refractivity contribution >= 4 is 11.7 Å². The number of ether oxygens (including phenoxy) is 2. The average molecular weight is 412 g/mol. The number of benzene rings is 1. The number of rotatable bonds is 7. The Bertz CT molecular complexity index is 917. The van der Waals surface area contributed by atoms with Gasteiger partial charge in [0.25, 0.3) is 5.91 Å². The van der Waals surface area contributed by atoms with Gasteiger partial charge >= 0.3 is 0 Å². The monoisotopic (exact) mass is 411 g/mol. The molecule has 1 fully saturated rings. The number of fused-ring (bicyclic) bond motifs is 1. The Kier molecular flexibility index (Phi) is 6.08. The molecule has 3 heterocycles. The SMILES string of the molecule is CCOc1cc2c(cc1CNc1cccc(C(=O)N3CCC[C@H]3CO)n1)O[C@@H](C)C2. The van der Waals surface area contributed by atoms with Gasteiger partial charge in [0.05, 0.1) is 19.3 Å². The van der Waals surface area contributed by atoms with E-state index in [2.05, 4.69) is 23.3 Å². The fourth-order valence-electron chi connectivity index (χ4n) is 4.19. The lowest BCUT2D eigenvalue weighted by molar-refractivity contribution is 0.0672. The molecular formula is C23H29N3O4. The van der Waals surface area contributed by atoms with E-state index in [1.807, 2.05) is 25.1 Å². The molecule has 0 spiro atoms. The number of hydrogen-bond donors (Lipinski definition) is 2. The van der Waals surface area contributed by atoms with Crippen LogP contribution in [0.2, 0.25) is 0 Å². The van der Waals surface area contributed by atoms with Gasteiger partial charge in [-0.05, 0) is 51.0 Å². The highest BCUT2D eigenvalue weighted by Gasteiger charge is 2.29. The maximum Gasteiger partial charge on any atom is 0.272 e. The van der Waals surface area contributed by atoms with E-state index in [0.29, 0.717) is 31.2 Å². The molecule has 4 rings (SSSR count). The van der Waals surface area contributed by atoms with Crippen molar-refractivity contribution in [3.8, 4) is 11.5 Å². The zero-order valence-electron chi connectivity index (χ0n) is 17.6. The molecule has 30 heavy (non-hydrogen) atoms. The minimum absolute atomic E-state index is 0.0110. The van der Waals surface area contributed by atoms with E-state index >= 15 is 0 Å². The van der Waals surface area contributed by atoms with Crippen LogP contribution >= 0.6 is 0 Å². The van der Waals surface area contributed by atoms with Crippen LogP contribution in [-0.4, -0.2) is 52.8 Å². The van der Waals surface area contributed by atoms with Crippen molar-refractivity contribution in [1.29, 1.82) is 0 Å². The number of aliphatic hydroxyl groups is 1. The molecule has 2 aromatic rings. The fourth-order valence-corrected chi connectivity index (χ4v) is 4.19. The van der Waals surface area contributed by atoms with Crippen LogP contribution in [-0.2, 0) is 13.0 Å². The maximum atomic E-state index is 12.8. The first kappa shape index (κ1) is 20.5. The summed E-state index contributed by atoms with van der Waals surface area (Å²) in [5, 5.41) is 12.8. The molecule has 1 aromatic carbocycles. The molecule has 0 saturated carbocycles. The molecular weight excluding hydrogens is 382 g/mol. The summed E-state index contributed by atoms with van der Waals surface area (Å²) in [5.41, 5.74) is 2.55. The average Bonchev–Trinajstić information content (AvgIpc) is 3.37. The van der Waals surface area contributed by atoms with Crippen molar-refractivity contribution in [2.45, 2.75) is 51.8 Å². The second-order valence-electron chi connectivity index (χ2n) is 7.87. The first-order valence-electron chi connectivity index (χ1n) is 10.7. The third-order valence-electron chi connectivity index (χ3n) is 5.66. The Morgan fingerprint density at radius 2 is 2.27 bits per heavy atom. The van der Waals surface area contributed by atoms with E-state index in [0.717, 1.165) is 36.3 Å². The number of pyridine rings is 1. The molecule has 1 aromatic heterocycles. The van der Waals surface area contributed by atoms with Gasteiger partial charge in [0.1, 0.15) is 29.1 Å². The van der Waals surface area contributed by atoms with Crippen molar-refractivity contribution in [3.05, 3.63) is 47.2 Å². The molecule has 0 aliphatic carbocycles. The Balaban J connectivity index is 1.49. The number of nitrogens with one attached hydrogen (secondary N) is 1. The topological polar surface area (TPSA) is 83.9 Å². The van der Waals surface area contributed by atoms with E-state index in [-0.39, 0.29) is 24.7 Å². The van der Waals surface area contributed by atoms with Crippen LogP contribution in [0.3, 0.4) is 0 Å². The number of amides is 1. The lowest BCUT2D eigenvalue weighted by Gasteiger charge is -2.22. The van der Waals surface area contributed by atoms with Crippen LogP contribution in [0.1, 0.15) is 48.3 Å². The van der Waals surface area contributed by atoms with Gasteiger partial charge in [-0.3, -0.25) is 4.79 Å². The van der Waals surface area contributed by atoms with Crippen LogP contribution in [0.4, 0.5) is 5.82 Å². The maximum absolute atomic E-state index is 12.8. The summed E-state index contributed by atoms with van der Waals surface area (Å²) in [5.74, 6) is 2.24. The van der Waals surface area contributed by atoms with Gasteiger partial charge in [-0.15, -0.1) is 0 Å². The molecule has 7 nitrogen and oxygen atoms in total. The number of carbonyl (C=O) groups excluding carboxylic acids is 1. The lowest BCUT2D eigenvalue weighted by Crippen LogP contribution is -2.38. The summed E-state index contributed by atoms with van der Waals surface area (Å²) in [7, 11) is 0. The van der Waals surface area contributed by atoms with E-state index in [1.54, 1.807) is 11.0 Å². The van der Waals surface area contributed by atoms with E-state index < -0.39 is 0 Å². The second-order valence-corrected chi connectivity index (χ2v) is 7.87. The van der Waals surface area contributed by atoms with Gasteiger partial charge < -0.3 is 24.8 Å². The van der Waals surface area contributed by atoms with Crippen molar-refractivity contribution in [1.82, 2.24) is 9.88 Å². The van der Waals surface area contributed by atoms with Gasteiger partial charge in [0, 0.05) is 30.6 Å². The van der Waals surface area contributed by atoms with Crippen LogP contribution < -0.4 is 14.8 Å². The van der Waals surface area contributed by atoms with Gasteiger partial charge in [-0.2, -0.15) is 0 Å². The highest BCUT2D eigenvalue weighted by atomic mass is 16.5. The highest BCUT2D eigenvalue weighted by molar-refractivity contribution is 5.93. The second kappa shape index (κ2) is 8.92. The predicted octanol–water partition coefficient (Wildman–Crippen LogP) is 3.01. The highest BCUT2D eigenvalue weighted by Crippen LogP contribution is 2.35. The van der Waals surface area contributed by atoms with Crippen molar-refractivity contribution in [3.63, 3.8) is 0 Å². The first-order chi connectivity index (χ1) is 14.6. The molecule has 0 bridgehead atoms. The normalized spacial score (nSPS) is 20.0. The molecule has 2 N–H and O–H groups in total. The molecule has 7 heteroatoms. The van der Waals surface area contributed by atoms with Gasteiger partial charge in [0.2, 0.25) is 0 Å². The molecule has 1 saturated heterocycles. The van der Waals surface area contributed by atoms with E-state index in [4.69, 9.17) is 9.47 Å². The summed E-state index contributed by atoms with van der Waals surface area (Å²) < 4.78 is 11.7. The number of nitrogens with zero attached hydrogens (tertiary/aromatic N) is 2. The van der Waals surface area contributed by atoms with E-state index in [1.165, 1.54) is 5.56 Å². The molecule has 2 atom stereocenters. The summed E-state index contributed by atoms with van der Waals surface area (Å²) in [4.78, 5) is 19.1. The van der Waals surface area contributed by atoms with Gasteiger partial charge in [-0.25, -0.2) is 4.98 Å². The first-order valence-corrected chi connectivity index (χ1v) is 10.7. The molecule has 0 radical (unpaired) electrons. The molecule has 2 aliphatic rings.